The number of carbonyl (C=O) groups excluding carboxylic acids is 1. The van der Waals surface area contributed by atoms with Gasteiger partial charge in [-0.25, -0.2) is 4.98 Å². The van der Waals surface area contributed by atoms with E-state index in [0.717, 1.165) is 16.5 Å². The number of carbonyl (C=O) groups is 1. The average molecular weight is 325 g/mol. The summed E-state index contributed by atoms with van der Waals surface area (Å²) in [7, 11) is 1.73. The van der Waals surface area contributed by atoms with Crippen LogP contribution in [-0.4, -0.2) is 25.8 Å². The predicted octanol–water partition coefficient (Wildman–Crippen LogP) is 1.60. The summed E-state index contributed by atoms with van der Waals surface area (Å²) < 4.78 is 1.56. The van der Waals surface area contributed by atoms with Crippen molar-refractivity contribution in [1.29, 1.82) is 0 Å². The van der Waals surface area contributed by atoms with Gasteiger partial charge in [0, 0.05) is 19.4 Å². The smallest absolute Gasteiger partial charge is 0.224 e. The summed E-state index contributed by atoms with van der Waals surface area (Å²) in [6, 6.07) is 9.48. The Kier molecular flexibility index (Phi) is 4.18. The third-order valence-electron chi connectivity index (χ3n) is 3.98. The molecule has 1 amide bonds. The standard InChI is InChI=1S/C17H19N5O2/c1-11(24)22(15-8-19-21(2)16(15)10-23)9-12-3-4-13-5-6-17(18)20-14(13)7-12/h3-8,23H,9-10H2,1-2H3,(H2,18,20). The van der Waals surface area contributed by atoms with Crippen molar-refractivity contribution in [2.75, 3.05) is 10.6 Å². The zero-order valence-corrected chi connectivity index (χ0v) is 13.6. The zero-order chi connectivity index (χ0) is 17.3. The van der Waals surface area contributed by atoms with E-state index in [1.54, 1.807) is 28.9 Å². The fourth-order valence-corrected chi connectivity index (χ4v) is 2.69. The van der Waals surface area contributed by atoms with Crippen molar-refractivity contribution in [3.63, 3.8) is 0 Å². The van der Waals surface area contributed by atoms with Gasteiger partial charge in [0.15, 0.2) is 0 Å². The van der Waals surface area contributed by atoms with Gasteiger partial charge in [-0.15, -0.1) is 0 Å². The first kappa shape index (κ1) is 15.9. The van der Waals surface area contributed by atoms with Crippen LogP contribution in [0, 0.1) is 0 Å². The lowest BCUT2D eigenvalue weighted by molar-refractivity contribution is -0.116. The molecule has 3 aromatic rings. The Bertz CT molecular complexity index is 903. The molecule has 0 unspecified atom stereocenters. The lowest BCUT2D eigenvalue weighted by Crippen LogP contribution is -2.28. The molecule has 0 spiro atoms. The number of benzene rings is 1. The summed E-state index contributed by atoms with van der Waals surface area (Å²) in [4.78, 5) is 18.0. The van der Waals surface area contributed by atoms with Crippen molar-refractivity contribution in [3.8, 4) is 0 Å². The fraction of sp³-hybridized carbons (Fsp3) is 0.235. The summed E-state index contributed by atoms with van der Waals surface area (Å²) in [5.74, 6) is 0.330. The quantitative estimate of drug-likeness (QED) is 0.759. The number of aromatic nitrogens is 3. The Morgan fingerprint density at radius 2 is 2.08 bits per heavy atom. The van der Waals surface area contributed by atoms with Crippen molar-refractivity contribution in [2.24, 2.45) is 7.05 Å². The molecular formula is C17H19N5O2. The highest BCUT2D eigenvalue weighted by Crippen LogP contribution is 2.24. The second kappa shape index (κ2) is 6.29. The van der Waals surface area contributed by atoms with Gasteiger partial charge in [-0.1, -0.05) is 12.1 Å². The van der Waals surface area contributed by atoms with Crippen LogP contribution in [0.25, 0.3) is 10.9 Å². The molecule has 0 fully saturated rings. The van der Waals surface area contributed by atoms with E-state index in [9.17, 15) is 9.90 Å². The van der Waals surface area contributed by atoms with Crippen LogP contribution < -0.4 is 10.6 Å². The zero-order valence-electron chi connectivity index (χ0n) is 13.6. The number of nitrogens with zero attached hydrogens (tertiary/aromatic N) is 4. The van der Waals surface area contributed by atoms with E-state index in [1.807, 2.05) is 24.3 Å². The number of aliphatic hydroxyl groups is 1. The highest BCUT2D eigenvalue weighted by Gasteiger charge is 2.19. The van der Waals surface area contributed by atoms with Gasteiger partial charge in [0.25, 0.3) is 0 Å². The van der Waals surface area contributed by atoms with E-state index in [4.69, 9.17) is 5.73 Å². The molecule has 7 nitrogen and oxygen atoms in total. The number of nitrogen functional groups attached to an aromatic ring is 1. The molecule has 124 valence electrons. The van der Waals surface area contributed by atoms with Crippen LogP contribution in [0.15, 0.2) is 36.5 Å². The van der Waals surface area contributed by atoms with Gasteiger partial charge in [0.1, 0.15) is 5.82 Å². The first-order chi connectivity index (χ1) is 11.5. The molecule has 0 bridgehead atoms. The fourth-order valence-electron chi connectivity index (χ4n) is 2.69. The Labute approximate surface area is 139 Å². The Morgan fingerprint density at radius 3 is 2.79 bits per heavy atom. The van der Waals surface area contributed by atoms with E-state index in [1.165, 1.54) is 6.92 Å². The summed E-state index contributed by atoms with van der Waals surface area (Å²) in [6.07, 6.45) is 1.59. The number of nitrogens with two attached hydrogens (primary N) is 1. The number of aryl methyl sites for hydroxylation is 1. The number of hydrogen-bond donors (Lipinski definition) is 2. The van der Waals surface area contributed by atoms with Gasteiger partial charge >= 0.3 is 0 Å². The van der Waals surface area contributed by atoms with Gasteiger partial charge in [0.05, 0.1) is 36.2 Å². The van der Waals surface area contributed by atoms with Crippen molar-refractivity contribution in [1.82, 2.24) is 14.8 Å². The first-order valence-corrected chi connectivity index (χ1v) is 7.54. The van der Waals surface area contributed by atoms with Crippen molar-refractivity contribution >= 4 is 28.3 Å². The summed E-state index contributed by atoms with van der Waals surface area (Å²) >= 11 is 0. The second-order valence-electron chi connectivity index (χ2n) is 5.63. The molecule has 3 rings (SSSR count). The Morgan fingerprint density at radius 1 is 1.33 bits per heavy atom. The molecule has 3 N–H and O–H groups in total. The molecule has 2 aromatic heterocycles. The van der Waals surface area contributed by atoms with E-state index in [-0.39, 0.29) is 12.5 Å². The van der Waals surface area contributed by atoms with Gasteiger partial charge in [-0.2, -0.15) is 5.10 Å². The lowest BCUT2D eigenvalue weighted by atomic mass is 10.1. The maximum atomic E-state index is 12.1. The van der Waals surface area contributed by atoms with Crippen molar-refractivity contribution in [2.45, 2.75) is 20.1 Å². The van der Waals surface area contributed by atoms with Gasteiger partial charge < -0.3 is 15.7 Å². The minimum absolute atomic E-state index is 0.127. The third kappa shape index (κ3) is 2.93. The predicted molar refractivity (Wildman–Crippen MR) is 92.2 cm³/mol. The van der Waals surface area contributed by atoms with Crippen LogP contribution in [0.3, 0.4) is 0 Å². The van der Waals surface area contributed by atoms with Crippen molar-refractivity contribution < 1.29 is 9.90 Å². The number of amides is 1. The van der Waals surface area contributed by atoms with E-state index in [0.29, 0.717) is 23.7 Å². The average Bonchev–Trinajstić information content (AvgIpc) is 2.92. The van der Waals surface area contributed by atoms with E-state index < -0.39 is 0 Å². The SMILES string of the molecule is CC(=O)N(Cc1ccc2ccc(N)nc2c1)c1cnn(C)c1CO. The van der Waals surface area contributed by atoms with Crippen LogP contribution in [0.4, 0.5) is 11.5 Å². The molecule has 0 saturated carbocycles. The van der Waals surface area contributed by atoms with Crippen LogP contribution in [0.2, 0.25) is 0 Å². The Hall–Kier alpha value is -2.93. The number of pyridine rings is 1. The number of aliphatic hydroxyl groups excluding tert-OH is 1. The van der Waals surface area contributed by atoms with Crippen LogP contribution in [0.1, 0.15) is 18.2 Å². The highest BCUT2D eigenvalue weighted by atomic mass is 16.3. The molecule has 1 aromatic carbocycles. The molecule has 7 heteroatoms. The van der Waals surface area contributed by atoms with Gasteiger partial charge in [0.2, 0.25) is 5.91 Å². The monoisotopic (exact) mass is 325 g/mol. The van der Waals surface area contributed by atoms with Crippen LogP contribution in [0.5, 0.6) is 0 Å². The Balaban J connectivity index is 1.98. The number of hydrogen-bond acceptors (Lipinski definition) is 5. The second-order valence-corrected chi connectivity index (χ2v) is 5.63. The van der Waals surface area contributed by atoms with E-state index >= 15 is 0 Å². The summed E-state index contributed by atoms with van der Waals surface area (Å²) in [6.45, 7) is 1.66. The number of rotatable bonds is 4. The highest BCUT2D eigenvalue weighted by molar-refractivity contribution is 5.92. The van der Waals surface area contributed by atoms with E-state index in [2.05, 4.69) is 10.1 Å². The third-order valence-corrected chi connectivity index (χ3v) is 3.98. The minimum atomic E-state index is -0.189. The number of anilines is 2. The molecule has 0 saturated heterocycles. The summed E-state index contributed by atoms with van der Waals surface area (Å²) in [5.41, 5.74) is 8.64. The van der Waals surface area contributed by atoms with Gasteiger partial charge in [-0.3, -0.25) is 9.48 Å². The first-order valence-electron chi connectivity index (χ1n) is 7.54. The molecular weight excluding hydrogens is 306 g/mol. The lowest BCUT2D eigenvalue weighted by Gasteiger charge is -2.21. The maximum absolute atomic E-state index is 12.1. The largest absolute Gasteiger partial charge is 0.390 e. The molecule has 0 radical (unpaired) electrons. The summed E-state index contributed by atoms with van der Waals surface area (Å²) in [5, 5.41) is 14.6. The molecule has 0 aliphatic heterocycles. The molecule has 2 heterocycles. The molecule has 0 aliphatic carbocycles. The minimum Gasteiger partial charge on any atom is -0.390 e. The normalized spacial score (nSPS) is 11.0. The maximum Gasteiger partial charge on any atom is 0.224 e. The van der Waals surface area contributed by atoms with Crippen molar-refractivity contribution in [3.05, 3.63) is 47.8 Å². The molecule has 0 aliphatic rings. The van der Waals surface area contributed by atoms with Crippen LogP contribution >= 0.6 is 0 Å². The topological polar surface area (TPSA) is 97.3 Å². The molecule has 0 atom stereocenters. The van der Waals surface area contributed by atoms with Gasteiger partial charge in [-0.05, 0) is 23.8 Å². The molecule has 24 heavy (non-hydrogen) atoms. The number of fused-ring (bicyclic) bond motifs is 1. The van der Waals surface area contributed by atoms with Crippen LogP contribution in [-0.2, 0) is 25.0 Å².